The van der Waals surface area contributed by atoms with Crippen molar-refractivity contribution in [2.45, 2.75) is 18.6 Å². The minimum atomic E-state index is -3.88. The average Bonchev–Trinajstić information content (AvgIpc) is 2.22. The summed E-state index contributed by atoms with van der Waals surface area (Å²) >= 11 is 10.3. The molecule has 18 heavy (non-hydrogen) atoms. The van der Waals surface area contributed by atoms with Crippen molar-refractivity contribution in [1.82, 2.24) is 0 Å². The molecule has 1 atom stereocenters. The zero-order chi connectivity index (χ0) is 13.9. The van der Waals surface area contributed by atoms with Crippen LogP contribution in [0, 0.1) is 5.82 Å². The molecule has 0 saturated heterocycles. The quantitative estimate of drug-likeness (QED) is 0.819. The Morgan fingerprint density at radius 3 is 2.72 bits per heavy atom. The fourth-order valence-corrected chi connectivity index (χ4v) is 3.44. The molecule has 1 aromatic carbocycles. The number of benzene rings is 1. The Hall–Kier alpha value is -0.920. The fourth-order valence-electron chi connectivity index (χ4n) is 1.37. The van der Waals surface area contributed by atoms with Gasteiger partial charge in [-0.2, -0.15) is 0 Å². The Morgan fingerprint density at radius 1 is 1.61 bits per heavy atom. The van der Waals surface area contributed by atoms with Gasteiger partial charge in [-0.1, -0.05) is 30.7 Å². The Balaban J connectivity index is 3.09. The van der Waals surface area contributed by atoms with Gasteiger partial charge in [-0.3, -0.25) is 4.72 Å². The highest BCUT2D eigenvalue weighted by Crippen LogP contribution is 2.22. The van der Waals surface area contributed by atoms with Gasteiger partial charge < -0.3 is 5.73 Å². The third-order valence-electron chi connectivity index (χ3n) is 2.24. The summed E-state index contributed by atoms with van der Waals surface area (Å²) in [5, 5.41) is -0.830. The van der Waals surface area contributed by atoms with Crippen molar-refractivity contribution in [1.29, 1.82) is 0 Å². The van der Waals surface area contributed by atoms with E-state index in [4.69, 9.17) is 17.3 Å². The number of halogens is 2. The number of thiocarbonyl (C=S) groups is 1. The van der Waals surface area contributed by atoms with E-state index in [-0.39, 0.29) is 22.1 Å². The average molecular weight is 311 g/mol. The van der Waals surface area contributed by atoms with Gasteiger partial charge in [0.15, 0.2) is 0 Å². The van der Waals surface area contributed by atoms with E-state index < -0.39 is 21.1 Å². The molecular formula is C10H12ClFN2O2S2. The van der Waals surface area contributed by atoms with Gasteiger partial charge in [-0.05, 0) is 24.6 Å². The van der Waals surface area contributed by atoms with E-state index in [1.54, 1.807) is 6.92 Å². The summed E-state index contributed by atoms with van der Waals surface area (Å²) in [7, 11) is -3.88. The molecule has 0 fully saturated rings. The third-order valence-corrected chi connectivity index (χ3v) is 4.75. The summed E-state index contributed by atoms with van der Waals surface area (Å²) in [4.78, 5) is -0.160. The Morgan fingerprint density at radius 2 is 2.22 bits per heavy atom. The first kappa shape index (κ1) is 15.1. The van der Waals surface area contributed by atoms with Crippen LogP contribution in [0.15, 0.2) is 18.2 Å². The SMILES string of the molecule is CCC(C(N)=S)S(=O)(=O)Nc1cc(Cl)ccc1F. The van der Waals surface area contributed by atoms with Crippen molar-refractivity contribution in [2.24, 2.45) is 5.73 Å². The number of nitrogens with two attached hydrogens (primary N) is 1. The highest BCUT2D eigenvalue weighted by Gasteiger charge is 2.27. The summed E-state index contributed by atoms with van der Waals surface area (Å²) in [6.45, 7) is 1.62. The summed E-state index contributed by atoms with van der Waals surface area (Å²) in [5.74, 6) is -0.722. The number of anilines is 1. The number of hydrogen-bond donors (Lipinski definition) is 2. The molecule has 0 aromatic heterocycles. The lowest BCUT2D eigenvalue weighted by Crippen LogP contribution is -2.37. The largest absolute Gasteiger partial charge is 0.392 e. The van der Waals surface area contributed by atoms with Gasteiger partial charge in [-0.15, -0.1) is 0 Å². The zero-order valence-electron chi connectivity index (χ0n) is 9.48. The molecule has 3 N–H and O–H groups in total. The minimum absolute atomic E-state index is 0.160. The first-order valence-electron chi connectivity index (χ1n) is 5.04. The highest BCUT2D eigenvalue weighted by atomic mass is 35.5. The second-order valence-corrected chi connectivity index (χ2v) is 6.34. The lowest BCUT2D eigenvalue weighted by atomic mass is 10.3. The molecule has 0 amide bonds. The third kappa shape index (κ3) is 3.54. The second-order valence-electron chi connectivity index (χ2n) is 3.57. The molecule has 0 radical (unpaired) electrons. The maximum Gasteiger partial charge on any atom is 0.242 e. The van der Waals surface area contributed by atoms with Gasteiger partial charge in [0, 0.05) is 5.02 Å². The van der Waals surface area contributed by atoms with Gasteiger partial charge in [0.1, 0.15) is 11.1 Å². The molecule has 0 bridgehead atoms. The Labute approximate surface area is 115 Å². The fraction of sp³-hybridized carbons (Fsp3) is 0.300. The predicted molar refractivity (Wildman–Crippen MR) is 74.8 cm³/mol. The predicted octanol–water partition coefficient (Wildman–Crippen LogP) is 2.29. The number of sulfonamides is 1. The van der Waals surface area contributed by atoms with Crippen molar-refractivity contribution in [3.63, 3.8) is 0 Å². The molecule has 0 aliphatic heterocycles. The van der Waals surface area contributed by atoms with E-state index in [9.17, 15) is 12.8 Å². The van der Waals surface area contributed by atoms with Crippen LogP contribution in [0.4, 0.5) is 10.1 Å². The van der Waals surface area contributed by atoms with Crippen LogP contribution in [0.2, 0.25) is 5.02 Å². The van der Waals surface area contributed by atoms with E-state index in [1.807, 2.05) is 0 Å². The molecule has 0 aliphatic rings. The number of nitrogens with one attached hydrogen (secondary N) is 1. The number of hydrogen-bond acceptors (Lipinski definition) is 3. The van der Waals surface area contributed by atoms with Crippen molar-refractivity contribution in [3.8, 4) is 0 Å². The van der Waals surface area contributed by atoms with Crippen LogP contribution < -0.4 is 10.5 Å². The van der Waals surface area contributed by atoms with Gasteiger partial charge in [0.2, 0.25) is 10.0 Å². The maximum atomic E-state index is 13.4. The van der Waals surface area contributed by atoms with Crippen molar-refractivity contribution < 1.29 is 12.8 Å². The first-order valence-corrected chi connectivity index (χ1v) is 7.37. The standard InChI is InChI=1S/C10H12ClFN2O2S2/c1-2-9(10(13)17)18(15,16)14-8-5-6(11)3-4-7(8)12/h3-5,9,14H,2H2,1H3,(H2,13,17). The van der Waals surface area contributed by atoms with Crippen molar-refractivity contribution in [3.05, 3.63) is 29.0 Å². The zero-order valence-corrected chi connectivity index (χ0v) is 11.9. The number of rotatable bonds is 5. The van der Waals surface area contributed by atoms with Crippen LogP contribution in [0.5, 0.6) is 0 Å². The van der Waals surface area contributed by atoms with Gasteiger partial charge in [0.25, 0.3) is 0 Å². The Kier molecular flexibility index (Phi) is 4.89. The van der Waals surface area contributed by atoms with E-state index in [0.717, 1.165) is 6.07 Å². The van der Waals surface area contributed by atoms with E-state index >= 15 is 0 Å². The van der Waals surface area contributed by atoms with Crippen LogP contribution in [0.1, 0.15) is 13.3 Å². The van der Waals surface area contributed by atoms with Gasteiger partial charge in [-0.25, -0.2) is 12.8 Å². The summed E-state index contributed by atoms with van der Waals surface area (Å²) in [6, 6.07) is 3.57. The second kappa shape index (κ2) is 5.81. The molecule has 100 valence electrons. The van der Waals surface area contributed by atoms with Crippen LogP contribution in [0.3, 0.4) is 0 Å². The molecule has 0 spiro atoms. The van der Waals surface area contributed by atoms with Gasteiger partial charge in [0.05, 0.1) is 10.7 Å². The van der Waals surface area contributed by atoms with Crippen LogP contribution in [-0.4, -0.2) is 18.7 Å². The van der Waals surface area contributed by atoms with E-state index in [1.165, 1.54) is 12.1 Å². The molecule has 0 saturated carbocycles. The monoisotopic (exact) mass is 310 g/mol. The van der Waals surface area contributed by atoms with Crippen molar-refractivity contribution >= 4 is 44.5 Å². The summed E-state index contributed by atoms with van der Waals surface area (Å²) in [5.41, 5.74) is 5.12. The minimum Gasteiger partial charge on any atom is -0.392 e. The topological polar surface area (TPSA) is 72.2 Å². The maximum absolute atomic E-state index is 13.4. The summed E-state index contributed by atoms with van der Waals surface area (Å²) < 4.78 is 39.4. The molecule has 0 aliphatic carbocycles. The van der Waals surface area contributed by atoms with Gasteiger partial charge >= 0.3 is 0 Å². The molecule has 4 nitrogen and oxygen atoms in total. The summed E-state index contributed by atoms with van der Waals surface area (Å²) in [6.07, 6.45) is 0.201. The molecule has 1 aromatic rings. The molecular weight excluding hydrogens is 299 g/mol. The highest BCUT2D eigenvalue weighted by molar-refractivity contribution is 7.95. The molecule has 8 heteroatoms. The van der Waals surface area contributed by atoms with Crippen LogP contribution >= 0.6 is 23.8 Å². The normalized spacial score (nSPS) is 13.1. The van der Waals surface area contributed by atoms with Crippen LogP contribution in [0.25, 0.3) is 0 Å². The lowest BCUT2D eigenvalue weighted by Gasteiger charge is -2.16. The molecule has 1 rings (SSSR count). The lowest BCUT2D eigenvalue weighted by molar-refractivity contribution is 0.592. The van der Waals surface area contributed by atoms with E-state index in [2.05, 4.69) is 16.9 Å². The smallest absolute Gasteiger partial charge is 0.242 e. The first-order chi connectivity index (χ1) is 8.27. The van der Waals surface area contributed by atoms with E-state index in [0.29, 0.717) is 0 Å². The van der Waals surface area contributed by atoms with Crippen LogP contribution in [-0.2, 0) is 10.0 Å². The molecule has 0 heterocycles. The van der Waals surface area contributed by atoms with Crippen molar-refractivity contribution in [2.75, 3.05) is 4.72 Å². The Bertz CT molecular complexity index is 563. The molecule has 1 unspecified atom stereocenters.